The van der Waals surface area contributed by atoms with Crippen LogP contribution >= 0.6 is 0 Å². The molecule has 0 radical (unpaired) electrons. The zero-order valence-electron chi connectivity index (χ0n) is 21.9. The van der Waals surface area contributed by atoms with Crippen molar-refractivity contribution >= 4 is 23.9 Å². The standard InChI is InChI=1S/C30H35F2N3O4/c31-25-16-23(17-26(32)19-25)6-7-28(37)34-14-10-24(11-15-34)29(30(38)39)35-12-8-21(9-13-35)18-27(36)33-20-22-4-2-1-3-5-22/h1-7,16-17,19,21,24,29H,8-15,18,20H2,(H,33,36)(H,38,39)/b7-6+. The van der Waals surface area contributed by atoms with Crippen LogP contribution in [0.4, 0.5) is 8.78 Å². The van der Waals surface area contributed by atoms with E-state index in [1.54, 1.807) is 4.90 Å². The minimum Gasteiger partial charge on any atom is -0.480 e. The van der Waals surface area contributed by atoms with Crippen molar-refractivity contribution in [3.05, 3.63) is 77.4 Å². The highest BCUT2D eigenvalue weighted by molar-refractivity contribution is 5.91. The maximum Gasteiger partial charge on any atom is 0.321 e. The van der Waals surface area contributed by atoms with Gasteiger partial charge in [0.25, 0.3) is 0 Å². The number of carbonyl (C=O) groups is 3. The summed E-state index contributed by atoms with van der Waals surface area (Å²) in [6, 6.07) is 12.2. The molecule has 2 N–H and O–H groups in total. The Bertz CT molecular complexity index is 1150. The Morgan fingerprint density at radius 2 is 1.59 bits per heavy atom. The molecule has 39 heavy (non-hydrogen) atoms. The molecule has 7 nitrogen and oxygen atoms in total. The summed E-state index contributed by atoms with van der Waals surface area (Å²) in [5.41, 5.74) is 1.31. The van der Waals surface area contributed by atoms with Gasteiger partial charge >= 0.3 is 5.97 Å². The third kappa shape index (κ3) is 8.20. The molecule has 2 fully saturated rings. The lowest BCUT2D eigenvalue weighted by atomic mass is 9.85. The maximum atomic E-state index is 13.4. The molecule has 2 heterocycles. The van der Waals surface area contributed by atoms with E-state index < -0.39 is 23.6 Å². The number of benzene rings is 2. The van der Waals surface area contributed by atoms with Crippen LogP contribution in [0.25, 0.3) is 6.08 Å². The average Bonchev–Trinajstić information content (AvgIpc) is 2.92. The van der Waals surface area contributed by atoms with Crippen LogP contribution in [-0.4, -0.2) is 64.9 Å². The molecule has 208 valence electrons. The number of rotatable bonds is 9. The van der Waals surface area contributed by atoms with E-state index in [0.29, 0.717) is 52.0 Å². The molecule has 1 atom stereocenters. The van der Waals surface area contributed by atoms with Gasteiger partial charge in [0, 0.05) is 38.2 Å². The van der Waals surface area contributed by atoms with Gasteiger partial charge in [0.1, 0.15) is 17.7 Å². The van der Waals surface area contributed by atoms with E-state index >= 15 is 0 Å². The van der Waals surface area contributed by atoms with Gasteiger partial charge in [-0.3, -0.25) is 19.3 Å². The number of carbonyl (C=O) groups excluding carboxylic acids is 2. The fraction of sp³-hybridized carbons (Fsp3) is 0.433. The third-order valence-electron chi connectivity index (χ3n) is 7.70. The number of likely N-dealkylation sites (tertiary alicyclic amines) is 2. The minimum absolute atomic E-state index is 0.0145. The number of amides is 2. The van der Waals surface area contributed by atoms with Gasteiger partial charge in [0.2, 0.25) is 11.8 Å². The smallest absolute Gasteiger partial charge is 0.321 e. The van der Waals surface area contributed by atoms with Crippen LogP contribution in [0.5, 0.6) is 0 Å². The van der Waals surface area contributed by atoms with Crippen LogP contribution in [0, 0.1) is 23.5 Å². The molecule has 2 amide bonds. The topological polar surface area (TPSA) is 90.0 Å². The van der Waals surface area contributed by atoms with Gasteiger partial charge in [-0.05, 0) is 79.9 Å². The second kappa shape index (κ2) is 13.5. The van der Waals surface area contributed by atoms with Crippen LogP contribution in [0.15, 0.2) is 54.6 Å². The van der Waals surface area contributed by atoms with Gasteiger partial charge in [-0.25, -0.2) is 8.78 Å². The number of piperidine rings is 2. The van der Waals surface area contributed by atoms with Gasteiger partial charge in [0.05, 0.1) is 0 Å². The first-order chi connectivity index (χ1) is 18.8. The molecule has 2 aliphatic rings. The van der Waals surface area contributed by atoms with Crippen molar-refractivity contribution in [2.24, 2.45) is 11.8 Å². The number of hydrogen-bond acceptors (Lipinski definition) is 4. The van der Waals surface area contributed by atoms with E-state index in [0.717, 1.165) is 36.6 Å². The Hall–Kier alpha value is -3.59. The molecule has 0 aliphatic carbocycles. The first kappa shape index (κ1) is 28.4. The number of carboxylic acids is 1. The Labute approximate surface area is 227 Å². The van der Waals surface area contributed by atoms with Gasteiger partial charge in [-0.2, -0.15) is 0 Å². The van der Waals surface area contributed by atoms with Crippen LogP contribution in [0.3, 0.4) is 0 Å². The molecule has 2 aromatic carbocycles. The predicted molar refractivity (Wildman–Crippen MR) is 143 cm³/mol. The summed E-state index contributed by atoms with van der Waals surface area (Å²) >= 11 is 0. The van der Waals surface area contributed by atoms with E-state index in [1.807, 2.05) is 35.2 Å². The van der Waals surface area contributed by atoms with Crippen molar-refractivity contribution in [3.8, 4) is 0 Å². The van der Waals surface area contributed by atoms with Gasteiger partial charge < -0.3 is 15.3 Å². The molecule has 2 aromatic rings. The summed E-state index contributed by atoms with van der Waals surface area (Å²) in [5, 5.41) is 13.0. The lowest BCUT2D eigenvalue weighted by Gasteiger charge is -2.41. The largest absolute Gasteiger partial charge is 0.480 e. The predicted octanol–water partition coefficient (Wildman–Crippen LogP) is 4.09. The Morgan fingerprint density at radius 3 is 2.21 bits per heavy atom. The summed E-state index contributed by atoms with van der Waals surface area (Å²) < 4.78 is 26.7. The van der Waals surface area contributed by atoms with Gasteiger partial charge in [0.15, 0.2) is 0 Å². The lowest BCUT2D eigenvalue weighted by Crippen LogP contribution is -2.52. The molecule has 0 spiro atoms. The van der Waals surface area contributed by atoms with Crippen LogP contribution in [-0.2, 0) is 20.9 Å². The highest BCUT2D eigenvalue weighted by Gasteiger charge is 2.38. The molecule has 0 aromatic heterocycles. The highest BCUT2D eigenvalue weighted by atomic mass is 19.1. The van der Waals surface area contributed by atoms with Crippen molar-refractivity contribution in [1.82, 2.24) is 15.1 Å². The number of nitrogens with one attached hydrogen (secondary N) is 1. The lowest BCUT2D eigenvalue weighted by molar-refractivity contribution is -0.147. The third-order valence-corrected chi connectivity index (χ3v) is 7.70. The first-order valence-electron chi connectivity index (χ1n) is 13.5. The van der Waals surface area contributed by atoms with Crippen molar-refractivity contribution in [2.75, 3.05) is 26.2 Å². The second-order valence-electron chi connectivity index (χ2n) is 10.4. The van der Waals surface area contributed by atoms with E-state index in [1.165, 1.54) is 12.2 Å². The van der Waals surface area contributed by atoms with Crippen LogP contribution in [0.2, 0.25) is 0 Å². The monoisotopic (exact) mass is 539 g/mol. The molecule has 0 bridgehead atoms. The summed E-state index contributed by atoms with van der Waals surface area (Å²) in [6.45, 7) is 2.60. The minimum atomic E-state index is -0.855. The molecule has 0 saturated carbocycles. The SMILES string of the molecule is O=C(CC1CCN(C(C(=O)O)C2CCN(C(=O)/C=C/c3cc(F)cc(F)c3)CC2)CC1)NCc1ccccc1. The van der Waals surface area contributed by atoms with Gasteiger partial charge in [-0.1, -0.05) is 30.3 Å². The first-order valence-corrected chi connectivity index (χ1v) is 13.5. The Morgan fingerprint density at radius 1 is 0.949 bits per heavy atom. The molecule has 4 rings (SSSR count). The highest BCUT2D eigenvalue weighted by Crippen LogP contribution is 2.29. The molecule has 2 saturated heterocycles. The van der Waals surface area contributed by atoms with Crippen LogP contribution in [0.1, 0.15) is 43.2 Å². The summed E-state index contributed by atoms with van der Waals surface area (Å²) in [6.07, 6.45) is 5.78. The summed E-state index contributed by atoms with van der Waals surface area (Å²) in [4.78, 5) is 40.9. The van der Waals surface area contributed by atoms with Crippen molar-refractivity contribution in [2.45, 2.75) is 44.7 Å². The molecular weight excluding hydrogens is 504 g/mol. The molecule has 1 unspecified atom stereocenters. The van der Waals surface area contributed by atoms with Crippen LogP contribution < -0.4 is 5.32 Å². The summed E-state index contributed by atoms with van der Waals surface area (Å²) in [5.74, 6) is -2.39. The summed E-state index contributed by atoms with van der Waals surface area (Å²) in [7, 11) is 0. The van der Waals surface area contributed by atoms with E-state index in [2.05, 4.69) is 5.32 Å². The van der Waals surface area contributed by atoms with Crippen molar-refractivity contribution in [3.63, 3.8) is 0 Å². The molecule has 9 heteroatoms. The van der Waals surface area contributed by atoms with Crippen molar-refractivity contribution in [1.29, 1.82) is 0 Å². The van der Waals surface area contributed by atoms with E-state index in [9.17, 15) is 28.3 Å². The quantitative estimate of drug-likeness (QED) is 0.469. The average molecular weight is 540 g/mol. The number of hydrogen-bond donors (Lipinski definition) is 2. The van der Waals surface area contributed by atoms with E-state index in [-0.39, 0.29) is 29.2 Å². The zero-order chi connectivity index (χ0) is 27.8. The maximum absolute atomic E-state index is 13.4. The Balaban J connectivity index is 1.23. The Kier molecular flexibility index (Phi) is 9.81. The van der Waals surface area contributed by atoms with E-state index in [4.69, 9.17) is 0 Å². The number of carboxylic acid groups (broad SMARTS) is 1. The van der Waals surface area contributed by atoms with Gasteiger partial charge in [-0.15, -0.1) is 0 Å². The zero-order valence-corrected chi connectivity index (χ0v) is 21.9. The number of nitrogens with zero attached hydrogens (tertiary/aromatic N) is 2. The normalized spacial score (nSPS) is 18.3. The second-order valence-corrected chi connectivity index (χ2v) is 10.4. The fourth-order valence-corrected chi connectivity index (χ4v) is 5.60. The number of halogens is 2. The number of aliphatic carboxylic acids is 1. The van der Waals surface area contributed by atoms with Crippen molar-refractivity contribution < 1.29 is 28.3 Å². The fourth-order valence-electron chi connectivity index (χ4n) is 5.60. The molecular formula is C30H35F2N3O4. The molecule has 2 aliphatic heterocycles.